The molecule has 2 atom stereocenters. The first-order valence-corrected chi connectivity index (χ1v) is 4.97. The molecule has 0 aliphatic heterocycles. The molecular formula is C11H18O. The number of carbonyl (C=O) groups excluding carboxylic acids is 1. The predicted octanol–water partition coefficient (Wildman–Crippen LogP) is 2.79. The molecule has 0 radical (unpaired) electrons. The van der Waals surface area contributed by atoms with Gasteiger partial charge >= 0.3 is 0 Å². The summed E-state index contributed by atoms with van der Waals surface area (Å²) in [6.45, 7) is 6.75. The van der Waals surface area contributed by atoms with Crippen molar-refractivity contribution in [3.8, 4) is 0 Å². The van der Waals surface area contributed by atoms with Crippen LogP contribution in [0, 0.1) is 16.7 Å². The normalized spacial score (nSPS) is 44.9. The third-order valence-corrected chi connectivity index (χ3v) is 3.88. The summed E-state index contributed by atoms with van der Waals surface area (Å²) in [5.74, 6) is 1.24. The summed E-state index contributed by atoms with van der Waals surface area (Å²) in [7, 11) is 0. The van der Waals surface area contributed by atoms with Gasteiger partial charge in [-0.3, -0.25) is 4.79 Å². The second-order valence-corrected chi connectivity index (χ2v) is 5.61. The monoisotopic (exact) mass is 166 g/mol. The van der Waals surface area contributed by atoms with E-state index in [9.17, 15) is 4.79 Å². The molecule has 0 amide bonds. The summed E-state index contributed by atoms with van der Waals surface area (Å²) in [6.07, 6.45) is 4.34. The van der Waals surface area contributed by atoms with Crippen LogP contribution in [0.15, 0.2) is 0 Å². The van der Waals surface area contributed by atoms with Gasteiger partial charge in [0.05, 0.1) is 0 Å². The first kappa shape index (κ1) is 8.28. The zero-order valence-electron chi connectivity index (χ0n) is 8.31. The summed E-state index contributed by atoms with van der Waals surface area (Å²) in [4.78, 5) is 11.7. The van der Waals surface area contributed by atoms with E-state index in [1.807, 2.05) is 0 Å². The van der Waals surface area contributed by atoms with Gasteiger partial charge in [0.25, 0.3) is 0 Å². The number of rotatable bonds is 0. The van der Waals surface area contributed by atoms with Crippen molar-refractivity contribution in [2.24, 2.45) is 16.7 Å². The highest BCUT2D eigenvalue weighted by molar-refractivity contribution is 5.87. The smallest absolute Gasteiger partial charge is 0.139 e. The van der Waals surface area contributed by atoms with Gasteiger partial charge in [0.2, 0.25) is 0 Å². The quantitative estimate of drug-likeness (QED) is 0.541. The average Bonchev–Trinajstić information content (AvgIpc) is 2.57. The van der Waals surface area contributed by atoms with E-state index in [4.69, 9.17) is 0 Å². The van der Waals surface area contributed by atoms with Crippen molar-refractivity contribution >= 4 is 5.78 Å². The molecule has 0 aromatic heterocycles. The largest absolute Gasteiger partial charge is 0.299 e. The van der Waals surface area contributed by atoms with Gasteiger partial charge < -0.3 is 0 Å². The molecule has 0 aromatic carbocycles. The summed E-state index contributed by atoms with van der Waals surface area (Å²) in [6, 6.07) is 0. The van der Waals surface area contributed by atoms with E-state index in [1.54, 1.807) is 0 Å². The number of hydrogen-bond acceptors (Lipinski definition) is 1. The van der Waals surface area contributed by atoms with E-state index in [0.717, 1.165) is 19.3 Å². The lowest BCUT2D eigenvalue weighted by atomic mass is 9.84. The Labute approximate surface area is 74.5 Å². The Bertz CT molecular complexity index is 229. The molecule has 0 N–H and O–H groups in total. The van der Waals surface area contributed by atoms with Crippen LogP contribution in [0.4, 0.5) is 0 Å². The van der Waals surface area contributed by atoms with Crippen molar-refractivity contribution < 1.29 is 4.79 Å². The fourth-order valence-electron chi connectivity index (χ4n) is 2.60. The first-order valence-electron chi connectivity index (χ1n) is 4.97. The Kier molecular flexibility index (Phi) is 1.47. The fourth-order valence-corrected chi connectivity index (χ4v) is 2.60. The van der Waals surface area contributed by atoms with E-state index in [-0.39, 0.29) is 5.41 Å². The minimum atomic E-state index is 0.105. The highest BCUT2D eigenvalue weighted by Crippen LogP contribution is 2.60. The van der Waals surface area contributed by atoms with Gasteiger partial charge in [0, 0.05) is 11.8 Å². The van der Waals surface area contributed by atoms with Crippen LogP contribution >= 0.6 is 0 Å². The molecule has 2 fully saturated rings. The molecule has 1 heteroatoms. The van der Waals surface area contributed by atoms with Crippen LogP contribution in [0.1, 0.15) is 46.5 Å². The minimum Gasteiger partial charge on any atom is -0.299 e. The minimum absolute atomic E-state index is 0.105. The third-order valence-electron chi connectivity index (χ3n) is 3.88. The Balaban J connectivity index is 2.18. The molecule has 2 rings (SSSR count). The van der Waals surface area contributed by atoms with Gasteiger partial charge in [0.1, 0.15) is 5.78 Å². The maximum absolute atomic E-state index is 11.7. The van der Waals surface area contributed by atoms with Crippen LogP contribution in [0.5, 0.6) is 0 Å². The molecule has 12 heavy (non-hydrogen) atoms. The van der Waals surface area contributed by atoms with Crippen molar-refractivity contribution in [1.82, 2.24) is 0 Å². The summed E-state index contributed by atoms with van der Waals surface area (Å²) < 4.78 is 0. The van der Waals surface area contributed by atoms with E-state index < -0.39 is 0 Å². The van der Waals surface area contributed by atoms with Gasteiger partial charge in [0.15, 0.2) is 0 Å². The number of ketones is 1. The number of Topliss-reactive ketones (excluding diaryl/α,β-unsaturated/α-hetero) is 1. The molecule has 2 saturated carbocycles. The third kappa shape index (κ3) is 1.10. The molecule has 2 aliphatic rings. The molecule has 2 aliphatic carbocycles. The second-order valence-electron chi connectivity index (χ2n) is 5.61. The number of hydrogen-bond donors (Lipinski definition) is 0. The van der Waals surface area contributed by atoms with Crippen LogP contribution in [-0.2, 0) is 4.79 Å². The van der Waals surface area contributed by atoms with Crippen LogP contribution in [0.25, 0.3) is 0 Å². The van der Waals surface area contributed by atoms with E-state index in [1.165, 1.54) is 6.42 Å². The lowest BCUT2D eigenvalue weighted by Gasteiger charge is -2.21. The van der Waals surface area contributed by atoms with E-state index in [0.29, 0.717) is 17.1 Å². The van der Waals surface area contributed by atoms with Crippen LogP contribution in [0.2, 0.25) is 0 Å². The Morgan fingerprint density at radius 3 is 2.58 bits per heavy atom. The molecule has 0 saturated heterocycles. The number of fused-ring (bicyclic) bond motifs is 1. The predicted molar refractivity (Wildman–Crippen MR) is 48.9 cm³/mol. The molecule has 0 aromatic rings. The molecule has 0 spiro atoms. The van der Waals surface area contributed by atoms with Crippen LogP contribution < -0.4 is 0 Å². The van der Waals surface area contributed by atoms with Crippen molar-refractivity contribution in [1.29, 1.82) is 0 Å². The van der Waals surface area contributed by atoms with Gasteiger partial charge in [-0.05, 0) is 30.6 Å². The van der Waals surface area contributed by atoms with Crippen LogP contribution in [-0.4, -0.2) is 5.78 Å². The lowest BCUT2D eigenvalue weighted by Crippen LogP contribution is -2.12. The lowest BCUT2D eigenvalue weighted by molar-refractivity contribution is -0.123. The van der Waals surface area contributed by atoms with Crippen molar-refractivity contribution in [2.45, 2.75) is 46.5 Å². The average molecular weight is 166 g/mol. The molecule has 0 heterocycles. The zero-order chi connectivity index (χ0) is 8.98. The maximum Gasteiger partial charge on any atom is 0.139 e. The van der Waals surface area contributed by atoms with Crippen molar-refractivity contribution in [3.63, 3.8) is 0 Å². The van der Waals surface area contributed by atoms with E-state index >= 15 is 0 Å². The number of carbonyl (C=O) groups is 1. The molecule has 68 valence electrons. The Hall–Kier alpha value is -0.330. The first-order chi connectivity index (χ1) is 5.44. The highest BCUT2D eigenvalue weighted by atomic mass is 16.1. The molecular weight excluding hydrogens is 148 g/mol. The Morgan fingerprint density at radius 1 is 1.25 bits per heavy atom. The second kappa shape index (κ2) is 2.12. The SMILES string of the molecule is CC1(C)CCC(=O)[C@]2(C)C[C@@H]2C1. The van der Waals surface area contributed by atoms with Gasteiger partial charge in [-0.1, -0.05) is 20.8 Å². The van der Waals surface area contributed by atoms with Gasteiger partial charge in [-0.25, -0.2) is 0 Å². The highest BCUT2D eigenvalue weighted by Gasteiger charge is 2.57. The molecule has 0 unspecified atom stereocenters. The summed E-state index contributed by atoms with van der Waals surface area (Å²) >= 11 is 0. The Morgan fingerprint density at radius 2 is 1.92 bits per heavy atom. The molecule has 1 nitrogen and oxygen atoms in total. The van der Waals surface area contributed by atoms with Crippen LogP contribution in [0.3, 0.4) is 0 Å². The van der Waals surface area contributed by atoms with Crippen molar-refractivity contribution in [3.05, 3.63) is 0 Å². The summed E-state index contributed by atoms with van der Waals surface area (Å²) in [5, 5.41) is 0. The van der Waals surface area contributed by atoms with Gasteiger partial charge in [-0.15, -0.1) is 0 Å². The topological polar surface area (TPSA) is 17.1 Å². The van der Waals surface area contributed by atoms with Crippen molar-refractivity contribution in [2.75, 3.05) is 0 Å². The zero-order valence-corrected chi connectivity index (χ0v) is 8.31. The molecule has 0 bridgehead atoms. The standard InChI is InChI=1S/C11H18O/c1-10(2)5-4-9(12)11(3)7-8(11)6-10/h8H,4-7H2,1-3H3/t8-,11+/m0/s1. The summed E-state index contributed by atoms with van der Waals surface area (Å²) in [5.41, 5.74) is 0.516. The van der Waals surface area contributed by atoms with E-state index in [2.05, 4.69) is 20.8 Å². The fraction of sp³-hybridized carbons (Fsp3) is 0.909. The maximum atomic E-state index is 11.7. The van der Waals surface area contributed by atoms with Gasteiger partial charge in [-0.2, -0.15) is 0 Å².